The van der Waals surface area contributed by atoms with Gasteiger partial charge in [0.05, 0.1) is 0 Å². The number of rotatable bonds is 2. The lowest BCUT2D eigenvalue weighted by molar-refractivity contribution is 0.0363. The second kappa shape index (κ2) is 3.32. The molecule has 2 aliphatic carbocycles. The first-order chi connectivity index (χ1) is 5.78. The molecule has 0 aliphatic heterocycles. The Morgan fingerprint density at radius 3 is 2.42 bits per heavy atom. The van der Waals surface area contributed by atoms with E-state index in [0.717, 1.165) is 16.2 Å². The van der Waals surface area contributed by atoms with Gasteiger partial charge in [0.15, 0.2) is 0 Å². The molecule has 2 atom stereocenters. The first-order valence-corrected chi connectivity index (χ1v) is 6.34. The highest BCUT2D eigenvalue weighted by Gasteiger charge is 2.49. The van der Waals surface area contributed by atoms with Crippen LogP contribution in [0.5, 0.6) is 0 Å². The van der Waals surface area contributed by atoms with Crippen LogP contribution in [0.15, 0.2) is 0 Å². The number of hydrogen-bond donors (Lipinski definition) is 0. The summed E-state index contributed by atoms with van der Waals surface area (Å²) in [6.07, 6.45) is 10.4. The van der Waals surface area contributed by atoms with Crippen LogP contribution in [0.1, 0.15) is 51.9 Å². The molecule has 0 aromatic carbocycles. The van der Waals surface area contributed by atoms with E-state index >= 15 is 0 Å². The van der Waals surface area contributed by atoms with Gasteiger partial charge < -0.3 is 0 Å². The van der Waals surface area contributed by atoms with Crippen LogP contribution in [-0.4, -0.2) is 4.83 Å². The fraction of sp³-hybridized carbons (Fsp3) is 1.00. The van der Waals surface area contributed by atoms with E-state index in [1.54, 1.807) is 0 Å². The molecule has 2 aliphatic rings. The molecule has 0 saturated heterocycles. The summed E-state index contributed by atoms with van der Waals surface area (Å²) in [4.78, 5) is 0.810. The van der Waals surface area contributed by atoms with Crippen molar-refractivity contribution >= 4 is 15.9 Å². The molecule has 0 amide bonds. The van der Waals surface area contributed by atoms with Crippen LogP contribution in [0, 0.1) is 11.3 Å². The Morgan fingerprint density at radius 1 is 1.33 bits per heavy atom. The summed E-state index contributed by atoms with van der Waals surface area (Å²) >= 11 is 3.84. The Morgan fingerprint density at radius 2 is 2.00 bits per heavy atom. The van der Waals surface area contributed by atoms with Crippen LogP contribution in [0.3, 0.4) is 0 Å². The average molecular weight is 231 g/mol. The molecule has 0 aromatic heterocycles. The maximum Gasteiger partial charge on any atom is 0.0176 e. The zero-order valence-corrected chi connectivity index (χ0v) is 9.57. The quantitative estimate of drug-likeness (QED) is 0.627. The van der Waals surface area contributed by atoms with Gasteiger partial charge in [0, 0.05) is 4.83 Å². The van der Waals surface area contributed by atoms with Crippen LogP contribution < -0.4 is 0 Å². The highest BCUT2D eigenvalue weighted by atomic mass is 79.9. The lowest BCUT2D eigenvalue weighted by Gasteiger charge is -2.50. The van der Waals surface area contributed by atoms with Gasteiger partial charge in [0.25, 0.3) is 0 Å². The SMILES string of the molecule is CCC(Br)C1CCC12CCCC2. The van der Waals surface area contributed by atoms with E-state index in [2.05, 4.69) is 22.9 Å². The molecule has 2 unspecified atom stereocenters. The molecule has 0 radical (unpaired) electrons. The third-order valence-electron chi connectivity index (χ3n) is 4.17. The van der Waals surface area contributed by atoms with Gasteiger partial charge in [-0.15, -0.1) is 0 Å². The van der Waals surface area contributed by atoms with Crippen LogP contribution in [-0.2, 0) is 0 Å². The molecular weight excluding hydrogens is 212 g/mol. The van der Waals surface area contributed by atoms with Crippen molar-refractivity contribution in [1.82, 2.24) is 0 Å². The van der Waals surface area contributed by atoms with Gasteiger partial charge in [-0.3, -0.25) is 0 Å². The maximum atomic E-state index is 3.84. The second-order valence-electron chi connectivity index (χ2n) is 4.64. The molecule has 1 spiro atoms. The predicted octanol–water partition coefficient (Wildman–Crippen LogP) is 4.13. The van der Waals surface area contributed by atoms with Crippen LogP contribution in [0.2, 0.25) is 0 Å². The van der Waals surface area contributed by atoms with Crippen molar-refractivity contribution in [3.05, 3.63) is 0 Å². The third-order valence-corrected chi connectivity index (χ3v) is 5.45. The zero-order chi connectivity index (χ0) is 8.60. The largest absolute Gasteiger partial charge is 0.0888 e. The standard InChI is InChI=1S/C11H19Br/c1-2-10(12)9-5-8-11(9)6-3-4-7-11/h9-10H,2-8H2,1H3. The van der Waals surface area contributed by atoms with Gasteiger partial charge in [-0.2, -0.15) is 0 Å². The minimum Gasteiger partial charge on any atom is -0.0888 e. The van der Waals surface area contributed by atoms with E-state index in [-0.39, 0.29) is 0 Å². The fourth-order valence-corrected chi connectivity index (χ4v) is 4.09. The topological polar surface area (TPSA) is 0 Å². The van der Waals surface area contributed by atoms with Gasteiger partial charge in [0.2, 0.25) is 0 Å². The molecule has 12 heavy (non-hydrogen) atoms. The molecule has 0 nitrogen and oxygen atoms in total. The van der Waals surface area contributed by atoms with Crippen LogP contribution in [0.25, 0.3) is 0 Å². The molecule has 0 bridgehead atoms. The summed E-state index contributed by atoms with van der Waals surface area (Å²) < 4.78 is 0. The molecule has 70 valence electrons. The van der Waals surface area contributed by atoms with Gasteiger partial charge in [-0.1, -0.05) is 35.7 Å². The van der Waals surface area contributed by atoms with Crippen molar-refractivity contribution in [2.75, 3.05) is 0 Å². The van der Waals surface area contributed by atoms with E-state index in [1.807, 2.05) is 0 Å². The van der Waals surface area contributed by atoms with Crippen LogP contribution >= 0.6 is 15.9 Å². The van der Waals surface area contributed by atoms with Crippen molar-refractivity contribution in [3.63, 3.8) is 0 Å². The van der Waals surface area contributed by atoms with Gasteiger partial charge >= 0.3 is 0 Å². The van der Waals surface area contributed by atoms with Crippen molar-refractivity contribution < 1.29 is 0 Å². The zero-order valence-electron chi connectivity index (χ0n) is 7.98. The summed E-state index contributed by atoms with van der Waals surface area (Å²) in [5.74, 6) is 1.02. The lowest BCUT2D eigenvalue weighted by atomic mass is 9.57. The smallest absolute Gasteiger partial charge is 0.0176 e. The Bertz CT molecular complexity index is 158. The highest BCUT2D eigenvalue weighted by Crippen LogP contribution is 2.59. The fourth-order valence-electron chi connectivity index (χ4n) is 3.27. The van der Waals surface area contributed by atoms with Gasteiger partial charge in [-0.25, -0.2) is 0 Å². The van der Waals surface area contributed by atoms with Gasteiger partial charge in [0.1, 0.15) is 0 Å². The van der Waals surface area contributed by atoms with E-state index in [1.165, 1.54) is 44.9 Å². The molecule has 0 N–H and O–H groups in total. The highest BCUT2D eigenvalue weighted by molar-refractivity contribution is 9.09. The Kier molecular flexibility index (Phi) is 2.51. The van der Waals surface area contributed by atoms with Crippen molar-refractivity contribution in [3.8, 4) is 0 Å². The predicted molar refractivity (Wildman–Crippen MR) is 56.6 cm³/mol. The normalized spacial score (nSPS) is 35.0. The number of hydrogen-bond acceptors (Lipinski definition) is 0. The minimum atomic E-state index is 0.810. The Labute approximate surface area is 84.2 Å². The molecular formula is C11H19Br. The van der Waals surface area contributed by atoms with E-state index in [0.29, 0.717) is 0 Å². The van der Waals surface area contributed by atoms with Crippen LogP contribution in [0.4, 0.5) is 0 Å². The van der Waals surface area contributed by atoms with Gasteiger partial charge in [-0.05, 0) is 43.4 Å². The Hall–Kier alpha value is 0.480. The minimum absolute atomic E-state index is 0.810. The summed E-state index contributed by atoms with van der Waals surface area (Å²) in [6, 6.07) is 0. The first-order valence-electron chi connectivity index (χ1n) is 5.42. The van der Waals surface area contributed by atoms with Crippen molar-refractivity contribution in [2.45, 2.75) is 56.7 Å². The molecule has 2 rings (SSSR count). The average Bonchev–Trinajstić information content (AvgIpc) is 2.52. The van der Waals surface area contributed by atoms with Crippen molar-refractivity contribution in [1.29, 1.82) is 0 Å². The Balaban J connectivity index is 1.99. The molecule has 2 fully saturated rings. The molecule has 0 aromatic rings. The van der Waals surface area contributed by atoms with E-state index in [9.17, 15) is 0 Å². The summed E-state index contributed by atoms with van der Waals surface area (Å²) in [6.45, 7) is 2.31. The van der Waals surface area contributed by atoms with E-state index in [4.69, 9.17) is 0 Å². The molecule has 1 heteroatoms. The second-order valence-corrected chi connectivity index (χ2v) is 5.82. The lowest BCUT2D eigenvalue weighted by Crippen LogP contribution is -2.42. The number of alkyl halides is 1. The van der Waals surface area contributed by atoms with Crippen molar-refractivity contribution in [2.24, 2.45) is 11.3 Å². The maximum absolute atomic E-state index is 3.84. The van der Waals surface area contributed by atoms with E-state index < -0.39 is 0 Å². The first kappa shape index (κ1) is 9.05. The monoisotopic (exact) mass is 230 g/mol. The molecule has 0 heterocycles. The number of halogens is 1. The summed E-state index contributed by atoms with van der Waals surface area (Å²) in [5.41, 5.74) is 0.810. The summed E-state index contributed by atoms with van der Waals surface area (Å²) in [7, 11) is 0. The molecule has 2 saturated carbocycles. The summed E-state index contributed by atoms with van der Waals surface area (Å²) in [5, 5.41) is 0. The third kappa shape index (κ3) is 1.25.